The molecule has 0 aliphatic heterocycles. The molecule has 1 fully saturated rings. The van der Waals surface area contributed by atoms with Crippen molar-refractivity contribution in [3.8, 4) is 22.4 Å². The molecule has 0 unspecified atom stereocenters. The zero-order valence-corrected chi connectivity index (χ0v) is 16.3. The number of hydrogen-bond donors (Lipinski definition) is 1. The quantitative estimate of drug-likeness (QED) is 0.432. The SMILES string of the molecule is O=c1c(C2CC2)c[nH]c2nc(-c3ccccc3)c(-c3ccc4ncccc4c3)cc12. The van der Waals surface area contributed by atoms with E-state index >= 15 is 0 Å². The summed E-state index contributed by atoms with van der Waals surface area (Å²) in [5.41, 5.74) is 6.43. The second-order valence-corrected chi connectivity index (χ2v) is 7.91. The molecule has 144 valence electrons. The van der Waals surface area contributed by atoms with Crippen LogP contribution in [-0.4, -0.2) is 15.0 Å². The van der Waals surface area contributed by atoms with Crippen LogP contribution in [0.15, 0.2) is 83.9 Å². The number of aromatic amines is 1. The van der Waals surface area contributed by atoms with Crippen LogP contribution in [0.1, 0.15) is 24.3 Å². The molecule has 1 saturated carbocycles. The van der Waals surface area contributed by atoms with Gasteiger partial charge in [-0.05, 0) is 48.6 Å². The van der Waals surface area contributed by atoms with Crippen molar-refractivity contribution in [2.75, 3.05) is 0 Å². The van der Waals surface area contributed by atoms with Crippen LogP contribution in [0.25, 0.3) is 44.3 Å². The predicted octanol–water partition coefficient (Wildman–Crippen LogP) is 5.68. The van der Waals surface area contributed by atoms with Gasteiger partial charge in [0.1, 0.15) is 5.65 Å². The molecular weight excluding hydrogens is 370 g/mol. The average Bonchev–Trinajstić information content (AvgIpc) is 3.64. The van der Waals surface area contributed by atoms with E-state index in [1.807, 2.05) is 42.6 Å². The van der Waals surface area contributed by atoms with Crippen molar-refractivity contribution in [2.24, 2.45) is 0 Å². The number of hydrogen-bond acceptors (Lipinski definition) is 3. The minimum Gasteiger partial charge on any atom is -0.346 e. The van der Waals surface area contributed by atoms with Crippen LogP contribution in [0.4, 0.5) is 0 Å². The summed E-state index contributed by atoms with van der Waals surface area (Å²) in [6.07, 6.45) is 5.84. The lowest BCUT2D eigenvalue weighted by molar-refractivity contribution is 1.08. The summed E-state index contributed by atoms with van der Waals surface area (Å²) in [6, 6.07) is 22.3. The third kappa shape index (κ3) is 2.80. The van der Waals surface area contributed by atoms with E-state index in [2.05, 4.69) is 40.3 Å². The maximum Gasteiger partial charge on any atom is 0.194 e. The molecule has 0 bridgehead atoms. The lowest BCUT2D eigenvalue weighted by Gasteiger charge is -2.12. The van der Waals surface area contributed by atoms with Crippen molar-refractivity contribution in [1.29, 1.82) is 0 Å². The first-order valence-corrected chi connectivity index (χ1v) is 10.2. The second kappa shape index (κ2) is 6.63. The van der Waals surface area contributed by atoms with E-state index in [1.165, 1.54) is 0 Å². The van der Waals surface area contributed by atoms with Gasteiger partial charge in [0.05, 0.1) is 16.6 Å². The predicted molar refractivity (Wildman–Crippen MR) is 121 cm³/mol. The fourth-order valence-corrected chi connectivity index (χ4v) is 4.14. The Morgan fingerprint density at radius 3 is 2.60 bits per heavy atom. The molecule has 0 amide bonds. The summed E-state index contributed by atoms with van der Waals surface area (Å²) in [5, 5.41) is 1.72. The van der Waals surface area contributed by atoms with Gasteiger partial charge in [-0.2, -0.15) is 0 Å². The average molecular weight is 389 g/mol. The molecule has 5 aromatic rings. The smallest absolute Gasteiger partial charge is 0.194 e. The first-order valence-electron chi connectivity index (χ1n) is 10.2. The second-order valence-electron chi connectivity index (χ2n) is 7.91. The Morgan fingerprint density at radius 1 is 0.900 bits per heavy atom. The monoisotopic (exact) mass is 389 g/mol. The number of aromatic nitrogens is 3. The van der Waals surface area contributed by atoms with Crippen molar-refractivity contribution >= 4 is 21.9 Å². The van der Waals surface area contributed by atoms with E-state index < -0.39 is 0 Å². The van der Waals surface area contributed by atoms with Gasteiger partial charge in [0.15, 0.2) is 5.43 Å². The van der Waals surface area contributed by atoms with Gasteiger partial charge in [-0.15, -0.1) is 0 Å². The van der Waals surface area contributed by atoms with E-state index in [4.69, 9.17) is 4.98 Å². The molecule has 3 heterocycles. The van der Waals surface area contributed by atoms with Crippen LogP contribution in [-0.2, 0) is 0 Å². The number of fused-ring (bicyclic) bond motifs is 2. The Balaban J connectivity index is 1.66. The van der Waals surface area contributed by atoms with Crippen LogP contribution in [0.5, 0.6) is 0 Å². The number of H-pyrrole nitrogens is 1. The number of rotatable bonds is 3. The minimum atomic E-state index is 0.0991. The van der Waals surface area contributed by atoms with E-state index in [0.29, 0.717) is 17.0 Å². The Labute approximate surface area is 173 Å². The first-order chi connectivity index (χ1) is 14.8. The highest BCUT2D eigenvalue weighted by Crippen LogP contribution is 2.39. The lowest BCUT2D eigenvalue weighted by atomic mass is 9.96. The summed E-state index contributed by atoms with van der Waals surface area (Å²) in [4.78, 5) is 25.8. The first kappa shape index (κ1) is 17.1. The third-order valence-electron chi connectivity index (χ3n) is 5.87. The molecule has 0 atom stereocenters. The van der Waals surface area contributed by atoms with Crippen LogP contribution in [0, 0.1) is 0 Å². The summed E-state index contributed by atoms with van der Waals surface area (Å²) >= 11 is 0. The maximum atomic E-state index is 13.2. The normalized spacial score (nSPS) is 13.7. The molecule has 0 saturated heterocycles. The summed E-state index contributed by atoms with van der Waals surface area (Å²) in [7, 11) is 0. The third-order valence-corrected chi connectivity index (χ3v) is 5.87. The molecule has 1 N–H and O–H groups in total. The zero-order chi connectivity index (χ0) is 20.1. The molecule has 4 heteroatoms. The molecule has 0 radical (unpaired) electrons. The van der Waals surface area contributed by atoms with Gasteiger partial charge in [0.25, 0.3) is 0 Å². The molecule has 2 aromatic carbocycles. The van der Waals surface area contributed by atoms with Gasteiger partial charge >= 0.3 is 0 Å². The van der Waals surface area contributed by atoms with Gasteiger partial charge in [-0.3, -0.25) is 9.78 Å². The van der Waals surface area contributed by atoms with Gasteiger partial charge in [-0.1, -0.05) is 42.5 Å². The molecule has 30 heavy (non-hydrogen) atoms. The van der Waals surface area contributed by atoms with E-state index in [-0.39, 0.29) is 5.43 Å². The fraction of sp³-hybridized carbons (Fsp3) is 0.115. The van der Waals surface area contributed by atoms with Crippen molar-refractivity contribution in [1.82, 2.24) is 15.0 Å². The Kier molecular flexibility index (Phi) is 3.78. The summed E-state index contributed by atoms with van der Waals surface area (Å²) in [5.74, 6) is 0.391. The Hall–Kier alpha value is -3.79. The molecule has 0 spiro atoms. The van der Waals surface area contributed by atoms with Crippen LogP contribution >= 0.6 is 0 Å². The molecule has 3 aromatic heterocycles. The lowest BCUT2D eigenvalue weighted by Crippen LogP contribution is -2.10. The molecule has 1 aliphatic carbocycles. The Morgan fingerprint density at radius 2 is 1.77 bits per heavy atom. The van der Waals surface area contributed by atoms with Crippen molar-refractivity contribution in [2.45, 2.75) is 18.8 Å². The summed E-state index contributed by atoms with van der Waals surface area (Å²) < 4.78 is 0. The van der Waals surface area contributed by atoms with Gasteiger partial charge in [-0.25, -0.2) is 4.98 Å². The number of benzene rings is 2. The topological polar surface area (TPSA) is 58.6 Å². The molecule has 1 aliphatic rings. The van der Waals surface area contributed by atoms with Crippen LogP contribution in [0.2, 0.25) is 0 Å². The van der Waals surface area contributed by atoms with Gasteiger partial charge in [0, 0.05) is 34.5 Å². The van der Waals surface area contributed by atoms with Gasteiger partial charge in [0.2, 0.25) is 0 Å². The van der Waals surface area contributed by atoms with Crippen molar-refractivity contribution in [3.05, 3.63) is 94.9 Å². The van der Waals surface area contributed by atoms with Crippen molar-refractivity contribution < 1.29 is 0 Å². The number of nitrogens with zero attached hydrogens (tertiary/aromatic N) is 2. The van der Waals surface area contributed by atoms with Gasteiger partial charge < -0.3 is 4.98 Å². The summed E-state index contributed by atoms with van der Waals surface area (Å²) in [6.45, 7) is 0. The highest BCUT2D eigenvalue weighted by atomic mass is 16.1. The molecular formula is C26H19N3O. The standard InChI is InChI=1S/C26H19N3O/c30-25-21-14-20(18-10-11-23-19(13-18)7-4-12-27-23)24(17-5-2-1-3-6-17)29-26(21)28-15-22(25)16-8-9-16/h1-7,10-16H,8-9H2,(H,28,29,30). The zero-order valence-electron chi connectivity index (χ0n) is 16.3. The highest BCUT2D eigenvalue weighted by Gasteiger charge is 2.27. The molecule has 4 nitrogen and oxygen atoms in total. The Bertz CT molecular complexity index is 1470. The largest absolute Gasteiger partial charge is 0.346 e. The van der Waals surface area contributed by atoms with Crippen molar-refractivity contribution in [3.63, 3.8) is 0 Å². The highest BCUT2D eigenvalue weighted by molar-refractivity contribution is 5.93. The maximum absolute atomic E-state index is 13.2. The molecule has 6 rings (SSSR count). The number of nitrogens with one attached hydrogen (secondary N) is 1. The van der Waals surface area contributed by atoms with E-state index in [1.54, 1.807) is 6.20 Å². The van der Waals surface area contributed by atoms with Crippen LogP contribution in [0.3, 0.4) is 0 Å². The van der Waals surface area contributed by atoms with E-state index in [9.17, 15) is 4.79 Å². The number of pyridine rings is 3. The fourth-order valence-electron chi connectivity index (χ4n) is 4.14. The van der Waals surface area contributed by atoms with E-state index in [0.717, 1.165) is 51.7 Å². The minimum absolute atomic E-state index is 0.0991. The van der Waals surface area contributed by atoms with Crippen LogP contribution < -0.4 is 5.43 Å².